The van der Waals surface area contributed by atoms with Gasteiger partial charge < -0.3 is 9.80 Å². The maximum atomic E-state index is 13.7. The summed E-state index contributed by atoms with van der Waals surface area (Å²) in [4.78, 5) is 29.8. The van der Waals surface area contributed by atoms with Gasteiger partial charge in [-0.2, -0.15) is 0 Å². The first-order valence-corrected chi connectivity index (χ1v) is 12.9. The highest BCUT2D eigenvalue weighted by Gasteiger charge is 2.39. The third-order valence-electron chi connectivity index (χ3n) is 6.79. The van der Waals surface area contributed by atoms with Crippen LogP contribution in [0.1, 0.15) is 40.9 Å². The van der Waals surface area contributed by atoms with Gasteiger partial charge in [-0.15, -0.1) is 0 Å². The van der Waals surface area contributed by atoms with Crippen molar-refractivity contribution in [3.63, 3.8) is 0 Å². The van der Waals surface area contributed by atoms with Crippen LogP contribution in [-0.2, 0) is 11.3 Å². The average molecular weight is 468 g/mol. The molecule has 1 amide bonds. The number of likely N-dealkylation sites (N-methyl/N-ethyl adjacent to an activating group) is 1. The van der Waals surface area contributed by atoms with Gasteiger partial charge in [-0.05, 0) is 71.3 Å². The molecule has 0 N–H and O–H groups in total. The monoisotopic (exact) mass is 467 g/mol. The summed E-state index contributed by atoms with van der Waals surface area (Å²) in [6.07, 6.45) is 1.89. The van der Waals surface area contributed by atoms with Crippen LogP contribution in [0, 0.1) is 27.7 Å². The lowest BCUT2D eigenvalue weighted by Crippen LogP contribution is -2.46. The molecular formula is C26H37N5OS. The molecule has 0 unspecified atom stereocenters. The molecule has 1 aromatic carbocycles. The van der Waals surface area contributed by atoms with E-state index in [1.807, 2.05) is 19.9 Å². The van der Waals surface area contributed by atoms with Crippen LogP contribution in [0.5, 0.6) is 0 Å². The van der Waals surface area contributed by atoms with Crippen LogP contribution in [-0.4, -0.2) is 81.6 Å². The summed E-state index contributed by atoms with van der Waals surface area (Å²) in [5.74, 6) is 0.291. The number of nitrogens with zero attached hydrogens (tertiary/aromatic N) is 5. The standard InChI is InChI=1S/C26H37N5OS/c1-18-7-8-22(19(2)13-18)16-31-17-23(33-26-27-20(3)14-21(4)28-26)15-24(31)25(32)30-10-6-9-29(5)11-12-30/h7-8,13-14,23-24H,6,9-12,15-17H2,1-5H3/t23-,24+/m1/s1. The number of benzene rings is 1. The van der Waals surface area contributed by atoms with Crippen LogP contribution < -0.4 is 0 Å². The quantitative estimate of drug-likeness (QED) is 0.626. The Kier molecular flexibility index (Phi) is 7.72. The summed E-state index contributed by atoms with van der Waals surface area (Å²) < 4.78 is 0. The van der Waals surface area contributed by atoms with Crippen LogP contribution >= 0.6 is 11.8 Å². The Hall–Kier alpha value is -1.96. The van der Waals surface area contributed by atoms with Gasteiger partial charge in [-0.1, -0.05) is 35.5 Å². The molecule has 0 saturated carbocycles. The Morgan fingerprint density at radius 1 is 1.03 bits per heavy atom. The van der Waals surface area contributed by atoms with Crippen molar-refractivity contribution >= 4 is 17.7 Å². The van der Waals surface area contributed by atoms with Crippen molar-refractivity contribution in [3.8, 4) is 0 Å². The van der Waals surface area contributed by atoms with Crippen LogP contribution in [0.3, 0.4) is 0 Å². The smallest absolute Gasteiger partial charge is 0.240 e. The van der Waals surface area contributed by atoms with E-state index < -0.39 is 0 Å². The first-order chi connectivity index (χ1) is 15.8. The molecule has 1 aromatic heterocycles. The molecule has 0 spiro atoms. The minimum Gasteiger partial charge on any atom is -0.340 e. The summed E-state index contributed by atoms with van der Waals surface area (Å²) in [5, 5.41) is 1.13. The highest BCUT2D eigenvalue weighted by atomic mass is 32.2. The highest BCUT2D eigenvalue weighted by molar-refractivity contribution is 7.99. The van der Waals surface area contributed by atoms with Crippen LogP contribution in [0.25, 0.3) is 0 Å². The number of likely N-dealkylation sites (tertiary alicyclic amines) is 1. The largest absolute Gasteiger partial charge is 0.340 e. The molecular weight excluding hydrogens is 430 g/mol. The lowest BCUT2D eigenvalue weighted by Gasteiger charge is -2.30. The van der Waals surface area contributed by atoms with Gasteiger partial charge >= 0.3 is 0 Å². The lowest BCUT2D eigenvalue weighted by molar-refractivity contribution is -0.136. The normalized spacial score (nSPS) is 22.5. The Labute approximate surface area is 202 Å². The highest BCUT2D eigenvalue weighted by Crippen LogP contribution is 2.34. The Balaban J connectivity index is 1.54. The molecule has 6 nitrogen and oxygen atoms in total. The number of aromatic nitrogens is 2. The molecule has 0 radical (unpaired) electrons. The molecule has 2 fully saturated rings. The molecule has 178 valence electrons. The minimum absolute atomic E-state index is 0.0856. The molecule has 0 aliphatic carbocycles. The molecule has 2 aliphatic heterocycles. The van der Waals surface area contributed by atoms with Crippen LogP contribution in [0.15, 0.2) is 29.4 Å². The van der Waals surface area contributed by atoms with Gasteiger partial charge in [0, 0.05) is 49.4 Å². The predicted molar refractivity (Wildman–Crippen MR) is 135 cm³/mol. The van der Waals surface area contributed by atoms with Gasteiger partial charge in [0.2, 0.25) is 5.91 Å². The van der Waals surface area contributed by atoms with E-state index in [0.717, 1.165) is 68.7 Å². The van der Waals surface area contributed by atoms with Crippen molar-refractivity contribution in [1.82, 2.24) is 24.7 Å². The molecule has 0 bridgehead atoms. The first kappa shape index (κ1) is 24.2. The second-order valence-electron chi connectivity index (χ2n) is 9.77. The van der Waals surface area contributed by atoms with Crippen LogP contribution in [0.2, 0.25) is 0 Å². The third-order valence-corrected chi connectivity index (χ3v) is 7.85. The zero-order valence-electron chi connectivity index (χ0n) is 20.7. The van der Waals surface area contributed by atoms with Crippen LogP contribution in [0.4, 0.5) is 0 Å². The van der Waals surface area contributed by atoms with Gasteiger partial charge in [0.15, 0.2) is 5.16 Å². The second-order valence-corrected chi connectivity index (χ2v) is 11.0. The molecule has 3 heterocycles. The molecule has 33 heavy (non-hydrogen) atoms. The zero-order chi connectivity index (χ0) is 23.5. The number of carbonyl (C=O) groups excluding carboxylic acids is 1. The molecule has 4 rings (SSSR count). The van der Waals surface area contributed by atoms with E-state index in [0.29, 0.717) is 11.2 Å². The van der Waals surface area contributed by atoms with E-state index >= 15 is 0 Å². The Morgan fingerprint density at radius 2 is 1.79 bits per heavy atom. The van der Waals surface area contributed by atoms with Crippen molar-refractivity contribution in [2.45, 2.75) is 63.5 Å². The maximum absolute atomic E-state index is 13.7. The fraction of sp³-hybridized carbons (Fsp3) is 0.577. The van der Waals surface area contributed by atoms with E-state index in [4.69, 9.17) is 0 Å². The number of thioether (sulfide) groups is 1. The maximum Gasteiger partial charge on any atom is 0.240 e. The molecule has 2 saturated heterocycles. The van der Waals surface area contributed by atoms with Gasteiger partial charge in [-0.3, -0.25) is 9.69 Å². The fourth-order valence-corrected chi connectivity index (χ4v) is 6.23. The second kappa shape index (κ2) is 10.5. The molecule has 2 atom stereocenters. The topological polar surface area (TPSA) is 52.6 Å². The van der Waals surface area contributed by atoms with Crippen molar-refractivity contribution in [2.24, 2.45) is 0 Å². The number of carbonyl (C=O) groups is 1. The van der Waals surface area contributed by atoms with Crippen molar-refractivity contribution in [2.75, 3.05) is 39.8 Å². The predicted octanol–water partition coefficient (Wildman–Crippen LogP) is 3.61. The number of aryl methyl sites for hydroxylation is 4. The Bertz CT molecular complexity index is 976. The lowest BCUT2D eigenvalue weighted by atomic mass is 10.0. The first-order valence-electron chi connectivity index (χ1n) is 12.0. The van der Waals surface area contributed by atoms with E-state index in [-0.39, 0.29) is 6.04 Å². The summed E-state index contributed by atoms with van der Waals surface area (Å²) in [6, 6.07) is 8.56. The SMILES string of the molecule is Cc1ccc(CN2C[C@H](Sc3nc(C)cc(C)n3)C[C@H]2C(=O)N2CCCN(C)CC2)c(C)c1. The summed E-state index contributed by atoms with van der Waals surface area (Å²) in [6.45, 7) is 13.7. The number of hydrogen-bond donors (Lipinski definition) is 0. The van der Waals surface area contributed by atoms with E-state index in [1.54, 1.807) is 11.8 Å². The zero-order valence-corrected chi connectivity index (χ0v) is 21.5. The van der Waals surface area contributed by atoms with Gasteiger partial charge in [0.1, 0.15) is 0 Å². The molecule has 2 aliphatic rings. The molecule has 7 heteroatoms. The van der Waals surface area contributed by atoms with Crippen molar-refractivity contribution in [1.29, 1.82) is 0 Å². The van der Waals surface area contributed by atoms with Gasteiger partial charge in [-0.25, -0.2) is 9.97 Å². The number of hydrogen-bond acceptors (Lipinski definition) is 6. The number of rotatable bonds is 5. The minimum atomic E-state index is -0.0856. The van der Waals surface area contributed by atoms with Crippen molar-refractivity contribution in [3.05, 3.63) is 52.3 Å². The third kappa shape index (κ3) is 6.14. The summed E-state index contributed by atoms with van der Waals surface area (Å²) in [7, 11) is 2.15. The fourth-order valence-electron chi connectivity index (χ4n) is 4.99. The van der Waals surface area contributed by atoms with E-state index in [1.165, 1.54) is 16.7 Å². The Morgan fingerprint density at radius 3 is 2.52 bits per heavy atom. The number of amides is 1. The van der Waals surface area contributed by atoms with Gasteiger partial charge in [0.25, 0.3) is 0 Å². The van der Waals surface area contributed by atoms with Crippen molar-refractivity contribution < 1.29 is 4.79 Å². The summed E-state index contributed by atoms with van der Waals surface area (Å²) >= 11 is 1.73. The van der Waals surface area contributed by atoms with Gasteiger partial charge in [0.05, 0.1) is 6.04 Å². The summed E-state index contributed by atoms with van der Waals surface area (Å²) in [5.41, 5.74) is 5.88. The molecule has 2 aromatic rings. The van der Waals surface area contributed by atoms with E-state index in [9.17, 15) is 4.79 Å². The van der Waals surface area contributed by atoms with E-state index in [2.05, 4.69) is 63.8 Å². The average Bonchev–Trinajstić information content (AvgIpc) is 2.99.